The molecule has 1 aromatic rings. The van der Waals surface area contributed by atoms with Crippen LogP contribution in [0.15, 0.2) is 42.5 Å². The fourth-order valence-electron chi connectivity index (χ4n) is 1.76. The lowest BCUT2D eigenvalue weighted by Crippen LogP contribution is -2.11. The average Bonchev–Trinajstić information content (AvgIpc) is 3.00. The molecule has 2 atom stereocenters. The summed E-state index contributed by atoms with van der Waals surface area (Å²) < 4.78 is 11.1. The minimum atomic E-state index is -0.251. The predicted molar refractivity (Wildman–Crippen MR) is 65.6 cm³/mol. The van der Waals surface area contributed by atoms with E-state index < -0.39 is 0 Å². The van der Waals surface area contributed by atoms with Crippen LogP contribution < -0.4 is 0 Å². The van der Waals surface area contributed by atoms with Crippen molar-refractivity contribution in [3.63, 3.8) is 0 Å². The van der Waals surface area contributed by atoms with E-state index in [0.29, 0.717) is 13.2 Å². The zero-order valence-corrected chi connectivity index (χ0v) is 10.0. The van der Waals surface area contributed by atoms with E-state index in [1.807, 2.05) is 43.3 Å². The van der Waals surface area contributed by atoms with Crippen LogP contribution in [0, 0.1) is 0 Å². The summed E-state index contributed by atoms with van der Waals surface area (Å²) in [6.07, 6.45) is 3.70. The van der Waals surface area contributed by atoms with Crippen molar-refractivity contribution in [2.24, 2.45) is 0 Å². The average molecular weight is 234 g/mol. The Kier molecular flexibility index (Phi) is 3.94. The summed E-state index contributed by atoms with van der Waals surface area (Å²) >= 11 is 0. The van der Waals surface area contributed by atoms with Gasteiger partial charge in [0, 0.05) is 0 Å². The van der Waals surface area contributed by atoms with Gasteiger partial charge in [0.05, 0.1) is 19.8 Å². The predicted octanol–water partition coefficient (Wildman–Crippen LogP) is 1.91. The first-order valence-corrected chi connectivity index (χ1v) is 5.82. The number of epoxide rings is 1. The monoisotopic (exact) mass is 234 g/mol. The van der Waals surface area contributed by atoms with Gasteiger partial charge in [0.25, 0.3) is 0 Å². The van der Waals surface area contributed by atoms with E-state index in [-0.39, 0.29) is 18.3 Å². The van der Waals surface area contributed by atoms with Crippen LogP contribution in [0.4, 0.5) is 0 Å². The van der Waals surface area contributed by atoms with Crippen LogP contribution in [0.2, 0.25) is 0 Å². The van der Waals surface area contributed by atoms with Crippen LogP contribution in [0.3, 0.4) is 0 Å². The van der Waals surface area contributed by atoms with Crippen molar-refractivity contribution in [3.8, 4) is 0 Å². The highest BCUT2D eigenvalue weighted by Gasteiger charge is 2.50. The van der Waals surface area contributed by atoms with Crippen molar-refractivity contribution in [2.75, 3.05) is 13.2 Å². The summed E-state index contributed by atoms with van der Waals surface area (Å²) in [5, 5.41) is 8.69. The summed E-state index contributed by atoms with van der Waals surface area (Å²) in [7, 11) is 0. The van der Waals surface area contributed by atoms with Gasteiger partial charge >= 0.3 is 0 Å². The van der Waals surface area contributed by atoms with Gasteiger partial charge in [-0.25, -0.2) is 0 Å². The van der Waals surface area contributed by atoms with E-state index >= 15 is 0 Å². The maximum absolute atomic E-state index is 8.69. The molecule has 1 fully saturated rings. The first kappa shape index (κ1) is 12.3. The fourth-order valence-corrected chi connectivity index (χ4v) is 1.76. The Labute approximate surface area is 102 Å². The lowest BCUT2D eigenvalue weighted by Gasteiger charge is -2.03. The molecule has 1 aliphatic heterocycles. The Balaban J connectivity index is 1.70. The van der Waals surface area contributed by atoms with Gasteiger partial charge < -0.3 is 14.6 Å². The van der Waals surface area contributed by atoms with Gasteiger partial charge in [-0.3, -0.25) is 0 Å². The zero-order chi connectivity index (χ0) is 12.1. The third-order valence-electron chi connectivity index (χ3n) is 2.91. The standard InChI is InChI=1S/C14H18O3/c1-14(8-5-9-15)13(17-14)11-16-10-12-6-3-2-4-7-12/h2-8,13,15H,9-11H2,1H3/b8-5-/t13-,14-/m0/s1. The first-order valence-electron chi connectivity index (χ1n) is 5.82. The Morgan fingerprint density at radius 2 is 2.18 bits per heavy atom. The summed E-state index contributed by atoms with van der Waals surface area (Å²) in [6, 6.07) is 10.1. The van der Waals surface area contributed by atoms with E-state index in [1.54, 1.807) is 6.08 Å². The Bertz CT molecular complexity index is 374. The molecule has 0 radical (unpaired) electrons. The second-order valence-electron chi connectivity index (χ2n) is 4.38. The van der Waals surface area contributed by atoms with Gasteiger partial charge in [-0.1, -0.05) is 42.5 Å². The highest BCUT2D eigenvalue weighted by atomic mass is 16.6. The zero-order valence-electron chi connectivity index (χ0n) is 10.0. The van der Waals surface area contributed by atoms with Crippen LogP contribution in [0.5, 0.6) is 0 Å². The van der Waals surface area contributed by atoms with E-state index in [2.05, 4.69) is 0 Å². The van der Waals surface area contributed by atoms with Gasteiger partial charge in [-0.05, 0) is 12.5 Å². The molecule has 92 valence electrons. The van der Waals surface area contributed by atoms with Crippen LogP contribution >= 0.6 is 0 Å². The van der Waals surface area contributed by atoms with Crippen LogP contribution in [0.25, 0.3) is 0 Å². The van der Waals surface area contributed by atoms with E-state index in [0.717, 1.165) is 0 Å². The molecule has 1 aromatic carbocycles. The van der Waals surface area contributed by atoms with Crippen LogP contribution in [0.1, 0.15) is 12.5 Å². The van der Waals surface area contributed by atoms with Crippen molar-refractivity contribution in [3.05, 3.63) is 48.0 Å². The molecule has 1 N–H and O–H groups in total. The molecule has 0 bridgehead atoms. The Morgan fingerprint density at radius 1 is 1.41 bits per heavy atom. The Morgan fingerprint density at radius 3 is 2.88 bits per heavy atom. The molecule has 0 aliphatic carbocycles. The summed E-state index contributed by atoms with van der Waals surface area (Å²) in [5.41, 5.74) is 0.917. The van der Waals surface area contributed by atoms with Gasteiger partial charge in [0.2, 0.25) is 0 Å². The van der Waals surface area contributed by atoms with Crippen molar-refractivity contribution in [1.82, 2.24) is 0 Å². The van der Waals surface area contributed by atoms with E-state index in [4.69, 9.17) is 14.6 Å². The SMILES string of the molecule is C[C@@]1(/C=C\CO)O[C@H]1COCc1ccccc1. The summed E-state index contributed by atoms with van der Waals surface area (Å²) in [4.78, 5) is 0. The lowest BCUT2D eigenvalue weighted by molar-refractivity contribution is 0.104. The maximum atomic E-state index is 8.69. The van der Waals surface area contributed by atoms with E-state index in [1.165, 1.54) is 5.56 Å². The molecule has 0 aromatic heterocycles. The molecule has 2 rings (SSSR count). The normalized spacial score (nSPS) is 27.5. The number of hydrogen-bond acceptors (Lipinski definition) is 3. The van der Waals surface area contributed by atoms with Crippen molar-refractivity contribution in [2.45, 2.75) is 25.2 Å². The van der Waals surface area contributed by atoms with Crippen LogP contribution in [-0.4, -0.2) is 30.0 Å². The summed E-state index contributed by atoms with van der Waals surface area (Å²) in [6.45, 7) is 3.24. The number of benzene rings is 1. The quantitative estimate of drug-likeness (QED) is 0.604. The van der Waals surface area contributed by atoms with Crippen LogP contribution in [-0.2, 0) is 16.1 Å². The minimum absolute atomic E-state index is 0.0521. The number of hydrogen-bond donors (Lipinski definition) is 1. The maximum Gasteiger partial charge on any atom is 0.114 e. The van der Waals surface area contributed by atoms with Crippen molar-refractivity contribution in [1.29, 1.82) is 0 Å². The third kappa shape index (κ3) is 3.40. The van der Waals surface area contributed by atoms with Gasteiger partial charge in [-0.15, -0.1) is 0 Å². The van der Waals surface area contributed by atoms with Crippen molar-refractivity contribution < 1.29 is 14.6 Å². The number of aliphatic hydroxyl groups is 1. The molecule has 1 saturated heterocycles. The molecule has 0 unspecified atom stereocenters. The van der Waals surface area contributed by atoms with Gasteiger partial charge in [0.1, 0.15) is 11.7 Å². The largest absolute Gasteiger partial charge is 0.392 e. The second kappa shape index (κ2) is 5.45. The van der Waals surface area contributed by atoms with Gasteiger partial charge in [0.15, 0.2) is 0 Å². The second-order valence-corrected chi connectivity index (χ2v) is 4.38. The molecule has 0 spiro atoms. The highest BCUT2D eigenvalue weighted by Crippen LogP contribution is 2.37. The molecule has 1 aliphatic rings. The number of aliphatic hydroxyl groups excluding tert-OH is 1. The molecule has 0 amide bonds. The molecule has 0 saturated carbocycles. The molecule has 1 heterocycles. The molecular weight excluding hydrogens is 216 g/mol. The van der Waals surface area contributed by atoms with Gasteiger partial charge in [-0.2, -0.15) is 0 Å². The number of ether oxygens (including phenoxy) is 2. The molecular formula is C14H18O3. The Hall–Kier alpha value is -1.16. The minimum Gasteiger partial charge on any atom is -0.392 e. The smallest absolute Gasteiger partial charge is 0.114 e. The number of rotatable bonds is 6. The lowest BCUT2D eigenvalue weighted by atomic mass is 10.1. The molecule has 3 nitrogen and oxygen atoms in total. The summed E-state index contributed by atoms with van der Waals surface area (Å²) in [5.74, 6) is 0. The van der Waals surface area contributed by atoms with E-state index in [9.17, 15) is 0 Å². The molecule has 3 heteroatoms. The fraction of sp³-hybridized carbons (Fsp3) is 0.429. The first-order chi connectivity index (χ1) is 8.24. The van der Waals surface area contributed by atoms with Crippen molar-refractivity contribution >= 4 is 0 Å². The molecule has 17 heavy (non-hydrogen) atoms. The topological polar surface area (TPSA) is 42.0 Å². The third-order valence-corrected chi connectivity index (χ3v) is 2.91. The highest BCUT2D eigenvalue weighted by molar-refractivity contribution is 5.15.